The highest BCUT2D eigenvalue weighted by molar-refractivity contribution is 6.30. The third kappa shape index (κ3) is 20.6. The third-order valence-corrected chi connectivity index (χ3v) is 11.6. The van der Waals surface area contributed by atoms with Gasteiger partial charge >= 0.3 is 0 Å². The smallest absolute Gasteiger partial charge is 0.249 e. The fourth-order valence-corrected chi connectivity index (χ4v) is 7.37. The molecule has 0 aliphatic carbocycles. The molecule has 0 saturated carbocycles. The molecule has 0 amide bonds. The van der Waals surface area contributed by atoms with E-state index in [2.05, 4.69) is 167 Å². The fourth-order valence-electron chi connectivity index (χ4n) is 7.21. The molecule has 4 aromatic heterocycles. The number of hydrogen-bond donors (Lipinski definition) is 0. The summed E-state index contributed by atoms with van der Waals surface area (Å²) in [5, 5.41) is 0.613. The molecule has 2 aromatic carbocycles. The molecule has 4 heterocycles. The van der Waals surface area contributed by atoms with Crippen molar-refractivity contribution in [2.24, 2.45) is 7.05 Å². The zero-order valence-electron chi connectivity index (χ0n) is 46.9. The molecule has 0 bridgehead atoms. The third-order valence-electron chi connectivity index (χ3n) is 11.2. The molecule has 0 radical (unpaired) electrons. The number of para-hydroxylation sites is 1. The maximum absolute atomic E-state index is 13.1. The summed E-state index contributed by atoms with van der Waals surface area (Å²) < 4.78 is 40.3. The van der Waals surface area contributed by atoms with Gasteiger partial charge in [-0.15, -0.1) is 0 Å². The molecule has 0 spiro atoms. The summed E-state index contributed by atoms with van der Waals surface area (Å²) in [4.78, 5) is 18.7. The van der Waals surface area contributed by atoms with Crippen molar-refractivity contribution in [2.75, 3.05) is 0 Å². The highest BCUT2D eigenvalue weighted by Crippen LogP contribution is 2.32. The molecule has 6 aromatic rings. The van der Waals surface area contributed by atoms with Gasteiger partial charge in [0.15, 0.2) is 11.5 Å². The standard InChI is InChI=1S/C12H18.C11H13N.C10H14ClN.C10H14FN.C9H11F2N.C8H14N2/c1-9-7-6-8-11(10(9)2)12(3,4)5;1-11(2,3)9-7-5-6-8-10(9)12-4;1-7-8(10(2,3)4)5-6-12-9(7)11;1-7-8(10(2,3)4)5-6-9(11)12-7;1-9(2,3)6-4-5-12-8(11)7(6)10;1-8(2,3)7-5-10(4)6-9-7/h6-8H,1-5H3;5-8H,1-3H3;2*5-6H,1-4H3;4-5H,1-3H3;5-6H,1-4H3. The van der Waals surface area contributed by atoms with Gasteiger partial charge in [-0.1, -0.05) is 185 Å². The Morgan fingerprint density at radius 1 is 0.514 bits per heavy atom. The van der Waals surface area contributed by atoms with Crippen LogP contribution in [-0.2, 0) is 39.5 Å². The van der Waals surface area contributed by atoms with E-state index in [1.165, 1.54) is 40.6 Å². The summed E-state index contributed by atoms with van der Waals surface area (Å²) in [5.74, 6) is -2.27. The van der Waals surface area contributed by atoms with E-state index in [-0.39, 0.29) is 32.5 Å². The van der Waals surface area contributed by atoms with Gasteiger partial charge in [0.25, 0.3) is 0 Å². The topological polar surface area (TPSA) is 60.9 Å². The molecule has 382 valence electrons. The second-order valence-corrected chi connectivity index (χ2v) is 24.2. The maximum atomic E-state index is 13.1. The van der Waals surface area contributed by atoms with Crippen molar-refractivity contribution in [3.05, 3.63) is 182 Å². The highest BCUT2D eigenvalue weighted by Gasteiger charge is 2.22. The largest absolute Gasteiger partial charge is 0.340 e. The quantitative estimate of drug-likeness (QED) is 0.112. The normalized spacial score (nSPS) is 11.6. The van der Waals surface area contributed by atoms with Crippen LogP contribution in [0.2, 0.25) is 5.15 Å². The molecule has 0 N–H and O–H groups in total. The van der Waals surface area contributed by atoms with Gasteiger partial charge in [0.05, 0.1) is 18.6 Å². The minimum Gasteiger partial charge on any atom is -0.340 e. The molecule has 10 heteroatoms. The van der Waals surface area contributed by atoms with Crippen LogP contribution in [0.3, 0.4) is 0 Å². The van der Waals surface area contributed by atoms with E-state index in [9.17, 15) is 13.2 Å². The summed E-state index contributed by atoms with van der Waals surface area (Å²) in [6.45, 7) is 53.1. The van der Waals surface area contributed by atoms with E-state index in [0.29, 0.717) is 10.7 Å². The maximum Gasteiger partial charge on any atom is 0.249 e. The number of nitrogens with zero attached hydrogens (tertiary/aromatic N) is 6. The predicted octanol–water partition coefficient (Wildman–Crippen LogP) is 17.7. The summed E-state index contributed by atoms with van der Waals surface area (Å²) >= 11 is 5.91. The van der Waals surface area contributed by atoms with Crippen LogP contribution in [0.25, 0.3) is 4.85 Å². The molecular weight excluding hydrogens is 897 g/mol. The Labute approximate surface area is 426 Å². The number of aryl methyl sites for hydroxylation is 3. The first-order valence-corrected chi connectivity index (χ1v) is 24.2. The van der Waals surface area contributed by atoms with Gasteiger partial charge in [-0.2, -0.15) is 8.78 Å². The Kier molecular flexibility index (Phi) is 23.0. The van der Waals surface area contributed by atoms with Crippen LogP contribution in [0.15, 0.2) is 91.6 Å². The SMILES string of the molecule is CC(C)(C)c1ccnc(F)c1F.Cc1c(C(C)(C)C)ccnc1Cl.Cc1cccc(C(C)(C)C)c1C.Cc1nc(F)ccc1C(C)(C)C.Cn1cnc(C(C)(C)C)c1.[C-]#[N+]c1ccccc1C(C)(C)C. The molecular formula is C60H84ClF3N6. The van der Waals surface area contributed by atoms with Crippen LogP contribution in [0, 0.1) is 52.0 Å². The molecule has 0 saturated heterocycles. The van der Waals surface area contributed by atoms with Crippen molar-refractivity contribution in [1.82, 2.24) is 24.5 Å². The van der Waals surface area contributed by atoms with E-state index < -0.39 is 17.7 Å². The average molecular weight is 982 g/mol. The fraction of sp³-hybridized carbons (Fsp3) is 0.483. The lowest BCUT2D eigenvalue weighted by Crippen LogP contribution is -2.14. The number of hydrogen-bond acceptors (Lipinski definition) is 4. The van der Waals surface area contributed by atoms with Crippen molar-refractivity contribution < 1.29 is 13.2 Å². The van der Waals surface area contributed by atoms with Crippen molar-refractivity contribution in [1.29, 1.82) is 0 Å². The van der Waals surface area contributed by atoms with Crippen LogP contribution in [-0.4, -0.2) is 24.5 Å². The minimum atomic E-state index is -1.03. The number of aromatic nitrogens is 5. The van der Waals surface area contributed by atoms with Gasteiger partial charge in [0.2, 0.25) is 11.9 Å². The minimum absolute atomic E-state index is 0.0464. The number of benzene rings is 2. The van der Waals surface area contributed by atoms with Crippen LogP contribution in [0.4, 0.5) is 18.9 Å². The van der Waals surface area contributed by atoms with Crippen molar-refractivity contribution >= 4 is 17.3 Å². The van der Waals surface area contributed by atoms with Gasteiger partial charge < -0.3 is 4.57 Å². The average Bonchev–Trinajstić information content (AvgIpc) is 3.67. The Bertz CT molecular complexity index is 2470. The molecule has 70 heavy (non-hydrogen) atoms. The Morgan fingerprint density at radius 3 is 1.37 bits per heavy atom. The summed E-state index contributed by atoms with van der Waals surface area (Å²) in [7, 11) is 1.99. The first-order valence-electron chi connectivity index (χ1n) is 23.8. The van der Waals surface area contributed by atoms with Gasteiger partial charge in [-0.05, 0) is 117 Å². The first kappa shape index (κ1) is 62.7. The van der Waals surface area contributed by atoms with E-state index in [1.807, 2.05) is 82.9 Å². The van der Waals surface area contributed by atoms with E-state index in [4.69, 9.17) is 18.2 Å². The Balaban J connectivity index is 0.000000420. The van der Waals surface area contributed by atoms with Gasteiger partial charge in [0, 0.05) is 36.7 Å². The number of imidazole rings is 1. The Hall–Kier alpha value is -5.33. The van der Waals surface area contributed by atoms with Crippen molar-refractivity contribution in [2.45, 2.75) is 185 Å². The zero-order chi connectivity index (χ0) is 54.4. The van der Waals surface area contributed by atoms with Crippen LogP contribution >= 0.6 is 11.6 Å². The van der Waals surface area contributed by atoms with Crippen LogP contribution in [0.5, 0.6) is 0 Å². The molecule has 0 fully saturated rings. The van der Waals surface area contributed by atoms with Gasteiger partial charge in [-0.25, -0.2) is 29.2 Å². The van der Waals surface area contributed by atoms with Crippen molar-refractivity contribution in [3.63, 3.8) is 0 Å². The lowest BCUT2D eigenvalue weighted by molar-refractivity contribution is 0.444. The van der Waals surface area contributed by atoms with Gasteiger partial charge in [0.1, 0.15) is 5.15 Å². The summed E-state index contributed by atoms with van der Waals surface area (Å²) in [5.41, 5.74) is 12.3. The molecule has 0 aliphatic heterocycles. The van der Waals surface area contributed by atoms with E-state index in [0.717, 1.165) is 33.8 Å². The zero-order valence-corrected chi connectivity index (χ0v) is 47.6. The Morgan fingerprint density at radius 2 is 0.986 bits per heavy atom. The highest BCUT2D eigenvalue weighted by atomic mass is 35.5. The molecule has 6 rings (SSSR count). The molecule has 0 unspecified atom stereocenters. The second-order valence-electron chi connectivity index (χ2n) is 23.8. The molecule has 6 nitrogen and oxygen atoms in total. The van der Waals surface area contributed by atoms with Crippen LogP contribution < -0.4 is 0 Å². The lowest BCUT2D eigenvalue weighted by atomic mass is 9.83. The predicted molar refractivity (Wildman–Crippen MR) is 291 cm³/mol. The summed E-state index contributed by atoms with van der Waals surface area (Å²) in [6.07, 6.45) is 6.93. The number of rotatable bonds is 0. The van der Waals surface area contributed by atoms with Gasteiger partial charge in [-0.3, -0.25) is 0 Å². The van der Waals surface area contributed by atoms with E-state index >= 15 is 0 Å². The monoisotopic (exact) mass is 981 g/mol. The summed E-state index contributed by atoms with van der Waals surface area (Å²) in [6, 6.07) is 21.1. The first-order chi connectivity index (χ1) is 31.7. The molecule has 0 atom stereocenters. The van der Waals surface area contributed by atoms with Crippen molar-refractivity contribution in [3.8, 4) is 0 Å². The second kappa shape index (κ2) is 25.7. The van der Waals surface area contributed by atoms with E-state index in [1.54, 1.807) is 12.3 Å². The number of pyridine rings is 3. The number of halogens is 4. The van der Waals surface area contributed by atoms with Crippen LogP contribution in [0.1, 0.15) is 181 Å². The lowest BCUT2D eigenvalue weighted by Gasteiger charge is -2.22. The molecule has 0 aliphatic rings.